The summed E-state index contributed by atoms with van der Waals surface area (Å²) in [6.45, 7) is 8.74. The summed E-state index contributed by atoms with van der Waals surface area (Å²) in [6, 6.07) is 15.0. The number of rotatable bonds is 3. The quantitative estimate of drug-likeness (QED) is 0.672. The van der Waals surface area contributed by atoms with Gasteiger partial charge in [-0.25, -0.2) is 4.85 Å². The predicted molar refractivity (Wildman–Crippen MR) is 103 cm³/mol. The van der Waals surface area contributed by atoms with Crippen molar-refractivity contribution in [2.24, 2.45) is 11.8 Å². The lowest BCUT2D eigenvalue weighted by atomic mass is 10.0. The van der Waals surface area contributed by atoms with E-state index in [1.54, 1.807) is 6.07 Å². The fourth-order valence-electron chi connectivity index (χ4n) is 4.11. The van der Waals surface area contributed by atoms with Crippen molar-refractivity contribution < 1.29 is 9.53 Å². The zero-order chi connectivity index (χ0) is 18.1. The second-order valence-corrected chi connectivity index (χ2v) is 7.89. The molecule has 0 N–H and O–H groups in total. The first-order chi connectivity index (χ1) is 12.6. The van der Waals surface area contributed by atoms with Gasteiger partial charge in [-0.2, -0.15) is 0 Å². The van der Waals surface area contributed by atoms with Crippen LogP contribution in [0.3, 0.4) is 0 Å². The van der Waals surface area contributed by atoms with E-state index in [9.17, 15) is 4.79 Å². The van der Waals surface area contributed by atoms with Gasteiger partial charge < -0.3 is 9.64 Å². The topological polar surface area (TPSA) is 33.9 Å². The first-order valence-corrected chi connectivity index (χ1v) is 9.61. The molecular formula is C21H19BrN2O2. The van der Waals surface area contributed by atoms with Crippen molar-refractivity contribution in [2.45, 2.75) is 18.9 Å². The molecule has 2 atom stereocenters. The smallest absolute Gasteiger partial charge is 0.253 e. The van der Waals surface area contributed by atoms with Crippen molar-refractivity contribution in [1.82, 2.24) is 4.90 Å². The Kier molecular flexibility index (Phi) is 4.69. The van der Waals surface area contributed by atoms with Crippen LogP contribution in [0.25, 0.3) is 4.85 Å². The van der Waals surface area contributed by atoms with Gasteiger partial charge in [0.1, 0.15) is 5.75 Å². The van der Waals surface area contributed by atoms with Crippen LogP contribution >= 0.6 is 15.9 Å². The third kappa shape index (κ3) is 3.34. The molecule has 4 nitrogen and oxygen atoms in total. The highest BCUT2D eigenvalue weighted by atomic mass is 79.9. The van der Waals surface area contributed by atoms with Crippen molar-refractivity contribution >= 4 is 27.5 Å². The molecule has 1 aliphatic heterocycles. The fraction of sp³-hybridized carbons (Fsp3) is 0.333. The van der Waals surface area contributed by atoms with Gasteiger partial charge in [0.15, 0.2) is 0 Å². The van der Waals surface area contributed by atoms with E-state index in [0.717, 1.165) is 41.7 Å². The molecule has 1 heterocycles. The molecule has 2 aliphatic rings. The molecule has 1 aliphatic carbocycles. The number of carbonyl (C=O) groups excluding carboxylic acids is 1. The molecule has 1 saturated heterocycles. The Morgan fingerprint density at radius 1 is 1.12 bits per heavy atom. The van der Waals surface area contributed by atoms with Gasteiger partial charge in [0.2, 0.25) is 5.69 Å². The highest BCUT2D eigenvalue weighted by Gasteiger charge is 2.43. The van der Waals surface area contributed by atoms with Gasteiger partial charge in [0.05, 0.1) is 12.7 Å². The molecule has 0 spiro atoms. The summed E-state index contributed by atoms with van der Waals surface area (Å²) in [7, 11) is 0. The predicted octanol–water partition coefficient (Wildman–Crippen LogP) is 4.93. The number of benzene rings is 2. The van der Waals surface area contributed by atoms with Crippen molar-refractivity contribution in [3.05, 3.63) is 70.0 Å². The molecule has 5 heteroatoms. The van der Waals surface area contributed by atoms with Crippen molar-refractivity contribution in [1.29, 1.82) is 0 Å². The van der Waals surface area contributed by atoms with E-state index in [4.69, 9.17) is 11.3 Å². The molecular weight excluding hydrogens is 392 g/mol. The zero-order valence-corrected chi connectivity index (χ0v) is 15.9. The molecule has 2 aromatic carbocycles. The standard InChI is InChI=1S/C21H19BrN2O2/c1-23-20-8-7-17(11-19(20)22)26-18-9-15-12-24(13-16(15)10-18)21(25)14-5-3-2-4-6-14/h2-8,11,15-16,18H,9-10,12-13H2. The van der Waals surface area contributed by atoms with E-state index in [1.165, 1.54) is 0 Å². The van der Waals surface area contributed by atoms with E-state index >= 15 is 0 Å². The average molecular weight is 411 g/mol. The van der Waals surface area contributed by atoms with Gasteiger partial charge in [-0.15, -0.1) is 0 Å². The Hall–Kier alpha value is -2.32. The second-order valence-electron chi connectivity index (χ2n) is 7.03. The van der Waals surface area contributed by atoms with Gasteiger partial charge in [0, 0.05) is 23.1 Å². The molecule has 1 saturated carbocycles. The van der Waals surface area contributed by atoms with Crippen LogP contribution in [-0.4, -0.2) is 30.0 Å². The van der Waals surface area contributed by atoms with Gasteiger partial charge in [0.25, 0.3) is 5.91 Å². The molecule has 0 aromatic heterocycles. The molecule has 0 radical (unpaired) electrons. The third-order valence-corrected chi connectivity index (χ3v) is 5.99. The third-order valence-electron chi connectivity index (χ3n) is 5.36. The van der Waals surface area contributed by atoms with E-state index in [-0.39, 0.29) is 12.0 Å². The summed E-state index contributed by atoms with van der Waals surface area (Å²) < 4.78 is 6.90. The minimum Gasteiger partial charge on any atom is -0.490 e. The number of nitrogens with zero attached hydrogens (tertiary/aromatic N) is 2. The monoisotopic (exact) mass is 410 g/mol. The van der Waals surface area contributed by atoms with Crippen LogP contribution in [0.15, 0.2) is 53.0 Å². The van der Waals surface area contributed by atoms with E-state index in [2.05, 4.69) is 20.8 Å². The van der Waals surface area contributed by atoms with Gasteiger partial charge in [-0.05, 0) is 48.9 Å². The van der Waals surface area contributed by atoms with E-state index < -0.39 is 0 Å². The maximum absolute atomic E-state index is 12.6. The molecule has 2 fully saturated rings. The minimum absolute atomic E-state index is 0.135. The lowest BCUT2D eigenvalue weighted by Crippen LogP contribution is -2.30. The first kappa shape index (κ1) is 17.1. The Balaban J connectivity index is 1.36. The van der Waals surface area contributed by atoms with E-state index in [1.807, 2.05) is 47.4 Å². The van der Waals surface area contributed by atoms with Gasteiger partial charge in [-0.1, -0.05) is 40.2 Å². The molecule has 26 heavy (non-hydrogen) atoms. The largest absolute Gasteiger partial charge is 0.490 e. The Bertz CT molecular complexity index is 848. The number of amides is 1. The van der Waals surface area contributed by atoms with Crippen LogP contribution in [-0.2, 0) is 0 Å². The number of ether oxygens (including phenoxy) is 1. The minimum atomic E-state index is 0.135. The number of carbonyl (C=O) groups is 1. The zero-order valence-electron chi connectivity index (χ0n) is 14.3. The van der Waals surface area contributed by atoms with Crippen molar-refractivity contribution in [3.63, 3.8) is 0 Å². The van der Waals surface area contributed by atoms with Crippen molar-refractivity contribution in [2.75, 3.05) is 13.1 Å². The van der Waals surface area contributed by atoms with Crippen molar-refractivity contribution in [3.8, 4) is 5.75 Å². The Morgan fingerprint density at radius 3 is 2.42 bits per heavy atom. The molecule has 2 unspecified atom stereocenters. The SMILES string of the molecule is [C-]#[N+]c1ccc(OC2CC3CN(C(=O)c4ccccc4)CC3C2)cc1Br. The lowest BCUT2D eigenvalue weighted by molar-refractivity contribution is 0.0770. The Morgan fingerprint density at radius 2 is 1.81 bits per heavy atom. The summed E-state index contributed by atoms with van der Waals surface area (Å²) in [5, 5.41) is 0. The van der Waals surface area contributed by atoms with Crippen LogP contribution < -0.4 is 4.74 Å². The molecule has 0 bridgehead atoms. The first-order valence-electron chi connectivity index (χ1n) is 8.82. The maximum Gasteiger partial charge on any atom is 0.253 e. The van der Waals surface area contributed by atoms with Crippen LogP contribution in [0.2, 0.25) is 0 Å². The maximum atomic E-state index is 12.6. The number of fused-ring (bicyclic) bond motifs is 1. The summed E-state index contributed by atoms with van der Waals surface area (Å²) in [6.07, 6.45) is 2.14. The summed E-state index contributed by atoms with van der Waals surface area (Å²) in [5.41, 5.74) is 1.36. The van der Waals surface area contributed by atoms with Crippen LogP contribution in [0.4, 0.5) is 5.69 Å². The normalized spacial score (nSPS) is 24.2. The summed E-state index contributed by atoms with van der Waals surface area (Å²) in [5.74, 6) is 1.96. The number of halogens is 1. The van der Waals surface area contributed by atoms with Gasteiger partial charge in [-0.3, -0.25) is 4.79 Å². The number of likely N-dealkylation sites (tertiary alicyclic amines) is 1. The number of hydrogen-bond donors (Lipinski definition) is 0. The molecule has 2 aromatic rings. The molecule has 132 valence electrons. The van der Waals surface area contributed by atoms with Crippen LogP contribution in [0.1, 0.15) is 23.2 Å². The van der Waals surface area contributed by atoms with Crippen LogP contribution in [0.5, 0.6) is 5.75 Å². The van der Waals surface area contributed by atoms with Gasteiger partial charge >= 0.3 is 0 Å². The summed E-state index contributed by atoms with van der Waals surface area (Å²) in [4.78, 5) is 18.1. The highest BCUT2D eigenvalue weighted by molar-refractivity contribution is 9.10. The summed E-state index contributed by atoms with van der Waals surface area (Å²) >= 11 is 3.41. The molecule has 1 amide bonds. The molecule has 4 rings (SSSR count). The number of hydrogen-bond acceptors (Lipinski definition) is 2. The average Bonchev–Trinajstić information content (AvgIpc) is 3.20. The lowest BCUT2D eigenvalue weighted by Gasteiger charge is -2.20. The Labute approximate surface area is 161 Å². The fourth-order valence-corrected chi connectivity index (χ4v) is 4.56. The second kappa shape index (κ2) is 7.13. The van der Waals surface area contributed by atoms with E-state index in [0.29, 0.717) is 17.5 Å². The highest BCUT2D eigenvalue weighted by Crippen LogP contribution is 2.41. The van der Waals surface area contributed by atoms with Crippen LogP contribution in [0, 0.1) is 18.4 Å².